The number of benzene rings is 1. The summed E-state index contributed by atoms with van der Waals surface area (Å²) in [5.41, 5.74) is 1.19. The fraction of sp³-hybridized carbons (Fsp3) is 0.647. The molecule has 0 amide bonds. The quantitative estimate of drug-likeness (QED) is 0.635. The lowest BCUT2D eigenvalue weighted by atomic mass is 10.2. The number of rotatable bonds is 10. The van der Waals surface area contributed by atoms with Gasteiger partial charge in [0.2, 0.25) is 0 Å². The van der Waals surface area contributed by atoms with Gasteiger partial charge in [0.15, 0.2) is 11.5 Å². The smallest absolute Gasteiger partial charge is 0.175 e. The maximum absolute atomic E-state index is 5.86. The summed E-state index contributed by atoms with van der Waals surface area (Å²) in [7, 11) is 4.19. The Bertz CT molecular complexity index is 451. The van der Waals surface area contributed by atoms with Crippen molar-refractivity contribution in [1.82, 2.24) is 10.2 Å². The molecular weight excluding hydrogens is 344 g/mol. The molecule has 0 bridgehead atoms. The Kier molecular flexibility index (Phi) is 8.83. The summed E-state index contributed by atoms with van der Waals surface area (Å²) < 4.78 is 12.5. The summed E-state index contributed by atoms with van der Waals surface area (Å²) in [6.07, 6.45) is 1.26. The minimum Gasteiger partial charge on any atom is -0.490 e. The van der Waals surface area contributed by atoms with Crippen molar-refractivity contribution in [3.8, 4) is 11.5 Å². The predicted molar refractivity (Wildman–Crippen MR) is 96.0 cm³/mol. The third-order valence-electron chi connectivity index (χ3n) is 3.01. The summed E-state index contributed by atoms with van der Waals surface area (Å²) in [5, 5.41) is 3.47. The van der Waals surface area contributed by atoms with E-state index >= 15 is 0 Å². The Labute approximate surface area is 143 Å². The number of hydrogen-bond acceptors (Lipinski definition) is 4. The zero-order valence-electron chi connectivity index (χ0n) is 14.4. The predicted octanol–water partition coefficient (Wildman–Crippen LogP) is 3.68. The lowest BCUT2D eigenvalue weighted by Gasteiger charge is -2.17. The van der Waals surface area contributed by atoms with E-state index in [0.29, 0.717) is 6.61 Å². The third kappa shape index (κ3) is 6.99. The van der Waals surface area contributed by atoms with Gasteiger partial charge in [0, 0.05) is 6.54 Å². The van der Waals surface area contributed by atoms with E-state index in [1.54, 1.807) is 0 Å². The molecule has 1 aromatic rings. The van der Waals surface area contributed by atoms with E-state index in [4.69, 9.17) is 9.47 Å². The van der Waals surface area contributed by atoms with Crippen LogP contribution in [0, 0.1) is 0 Å². The highest BCUT2D eigenvalue weighted by Crippen LogP contribution is 2.37. The van der Waals surface area contributed by atoms with Crippen LogP contribution in [0.4, 0.5) is 0 Å². The van der Waals surface area contributed by atoms with Crippen LogP contribution in [0.25, 0.3) is 0 Å². The van der Waals surface area contributed by atoms with Crippen molar-refractivity contribution in [3.63, 3.8) is 0 Å². The first kappa shape index (κ1) is 19.3. The molecule has 5 heteroatoms. The van der Waals surface area contributed by atoms with Gasteiger partial charge in [-0.2, -0.15) is 0 Å². The Balaban J connectivity index is 2.68. The van der Waals surface area contributed by atoms with Gasteiger partial charge < -0.3 is 19.7 Å². The molecular formula is C17H29BrN2O2. The second-order valence-electron chi connectivity index (χ2n) is 5.84. The third-order valence-corrected chi connectivity index (χ3v) is 3.60. The Hall–Kier alpha value is -0.780. The van der Waals surface area contributed by atoms with E-state index < -0.39 is 0 Å². The van der Waals surface area contributed by atoms with Crippen molar-refractivity contribution in [3.05, 3.63) is 22.2 Å². The molecule has 22 heavy (non-hydrogen) atoms. The van der Waals surface area contributed by atoms with Gasteiger partial charge in [-0.05, 0) is 88.0 Å². The van der Waals surface area contributed by atoms with Gasteiger partial charge in [-0.15, -0.1) is 0 Å². The molecule has 4 nitrogen and oxygen atoms in total. The molecule has 0 unspecified atom stereocenters. The van der Waals surface area contributed by atoms with Gasteiger partial charge in [-0.3, -0.25) is 0 Å². The van der Waals surface area contributed by atoms with E-state index in [2.05, 4.69) is 52.4 Å². The van der Waals surface area contributed by atoms with Gasteiger partial charge in [0.25, 0.3) is 0 Å². The van der Waals surface area contributed by atoms with Crippen LogP contribution in [0.15, 0.2) is 16.6 Å². The largest absolute Gasteiger partial charge is 0.490 e. The van der Waals surface area contributed by atoms with E-state index in [9.17, 15) is 0 Å². The Morgan fingerprint density at radius 3 is 2.59 bits per heavy atom. The summed E-state index contributed by atoms with van der Waals surface area (Å²) in [6, 6.07) is 4.16. The lowest BCUT2D eigenvalue weighted by molar-refractivity contribution is 0.222. The van der Waals surface area contributed by atoms with Crippen LogP contribution in [0.3, 0.4) is 0 Å². The van der Waals surface area contributed by atoms with Crippen LogP contribution in [0.2, 0.25) is 0 Å². The summed E-state index contributed by atoms with van der Waals surface area (Å²) in [6.45, 7) is 9.57. The van der Waals surface area contributed by atoms with Gasteiger partial charge in [0.1, 0.15) is 0 Å². The highest BCUT2D eigenvalue weighted by molar-refractivity contribution is 9.10. The average molecular weight is 373 g/mol. The lowest BCUT2D eigenvalue weighted by Crippen LogP contribution is -2.21. The van der Waals surface area contributed by atoms with Gasteiger partial charge in [-0.25, -0.2) is 0 Å². The molecule has 0 atom stereocenters. The average Bonchev–Trinajstić information content (AvgIpc) is 2.42. The van der Waals surface area contributed by atoms with Crippen molar-refractivity contribution in [2.45, 2.75) is 39.8 Å². The summed E-state index contributed by atoms with van der Waals surface area (Å²) in [4.78, 5) is 2.20. The maximum atomic E-state index is 5.86. The Morgan fingerprint density at radius 2 is 2.00 bits per heavy atom. The first-order valence-corrected chi connectivity index (χ1v) is 8.70. The minimum atomic E-state index is 0.116. The molecule has 0 heterocycles. The van der Waals surface area contributed by atoms with Gasteiger partial charge in [0.05, 0.1) is 17.2 Å². The second kappa shape index (κ2) is 10.1. The first-order chi connectivity index (χ1) is 10.4. The van der Waals surface area contributed by atoms with Crippen LogP contribution in [-0.4, -0.2) is 44.8 Å². The standard InChI is InChI=1S/C17H29BrN2O2/c1-6-21-16-11-14(12-19-8-7-9-20(4)5)10-15(18)17(16)22-13(2)3/h10-11,13,19H,6-9,12H2,1-5H3. The van der Waals surface area contributed by atoms with Crippen LogP contribution >= 0.6 is 15.9 Å². The zero-order valence-corrected chi connectivity index (χ0v) is 16.0. The SMILES string of the molecule is CCOc1cc(CNCCCN(C)C)cc(Br)c1OC(C)C. The molecule has 0 fully saturated rings. The fourth-order valence-corrected chi connectivity index (χ4v) is 2.67. The van der Waals surface area contributed by atoms with E-state index in [-0.39, 0.29) is 6.10 Å². The molecule has 1 N–H and O–H groups in total. The van der Waals surface area contributed by atoms with Crippen LogP contribution < -0.4 is 14.8 Å². The molecule has 1 rings (SSSR count). The molecule has 0 aliphatic heterocycles. The van der Waals surface area contributed by atoms with E-state index in [0.717, 1.165) is 42.0 Å². The van der Waals surface area contributed by atoms with Crippen molar-refractivity contribution in [2.24, 2.45) is 0 Å². The van der Waals surface area contributed by atoms with E-state index in [1.165, 1.54) is 5.56 Å². The van der Waals surface area contributed by atoms with Crippen molar-refractivity contribution in [2.75, 3.05) is 33.8 Å². The minimum absolute atomic E-state index is 0.116. The van der Waals surface area contributed by atoms with Crippen molar-refractivity contribution in [1.29, 1.82) is 0 Å². The van der Waals surface area contributed by atoms with Crippen molar-refractivity contribution < 1.29 is 9.47 Å². The number of nitrogens with zero attached hydrogens (tertiary/aromatic N) is 1. The fourth-order valence-electron chi connectivity index (χ4n) is 2.09. The highest BCUT2D eigenvalue weighted by atomic mass is 79.9. The molecule has 0 aliphatic rings. The number of halogens is 1. The molecule has 0 saturated heterocycles. The topological polar surface area (TPSA) is 33.7 Å². The number of hydrogen-bond donors (Lipinski definition) is 1. The first-order valence-electron chi connectivity index (χ1n) is 7.91. The maximum Gasteiger partial charge on any atom is 0.175 e. The van der Waals surface area contributed by atoms with Crippen LogP contribution in [-0.2, 0) is 6.54 Å². The van der Waals surface area contributed by atoms with Crippen LogP contribution in [0.1, 0.15) is 32.8 Å². The molecule has 0 aromatic heterocycles. The number of ether oxygens (including phenoxy) is 2. The van der Waals surface area contributed by atoms with Gasteiger partial charge >= 0.3 is 0 Å². The molecule has 0 radical (unpaired) electrons. The molecule has 1 aromatic carbocycles. The molecule has 0 spiro atoms. The zero-order chi connectivity index (χ0) is 16.5. The Morgan fingerprint density at radius 1 is 1.27 bits per heavy atom. The molecule has 0 aliphatic carbocycles. The summed E-state index contributed by atoms with van der Waals surface area (Å²) >= 11 is 3.60. The summed E-state index contributed by atoms with van der Waals surface area (Å²) in [5.74, 6) is 1.59. The monoisotopic (exact) mass is 372 g/mol. The second-order valence-corrected chi connectivity index (χ2v) is 6.69. The normalized spacial score (nSPS) is 11.3. The van der Waals surface area contributed by atoms with Crippen molar-refractivity contribution >= 4 is 15.9 Å². The number of nitrogens with one attached hydrogen (secondary N) is 1. The van der Waals surface area contributed by atoms with Gasteiger partial charge in [-0.1, -0.05) is 0 Å². The highest BCUT2D eigenvalue weighted by Gasteiger charge is 2.13. The molecule has 0 saturated carbocycles. The van der Waals surface area contributed by atoms with E-state index in [1.807, 2.05) is 20.8 Å². The van der Waals surface area contributed by atoms with Crippen LogP contribution in [0.5, 0.6) is 11.5 Å². The molecule has 126 valence electrons.